The van der Waals surface area contributed by atoms with Crippen molar-refractivity contribution in [3.8, 4) is 0 Å². The Morgan fingerprint density at radius 3 is 2.77 bits per heavy atom. The second kappa shape index (κ2) is 4.56. The van der Waals surface area contributed by atoms with Gasteiger partial charge in [-0.25, -0.2) is 0 Å². The summed E-state index contributed by atoms with van der Waals surface area (Å²) in [6, 6.07) is 0.813. The number of nitrogens with zero attached hydrogens (tertiary/aromatic N) is 1. The Hall–Kier alpha value is -0.630. The van der Waals surface area contributed by atoms with Gasteiger partial charge in [-0.05, 0) is 33.2 Å². The van der Waals surface area contributed by atoms with Crippen LogP contribution in [-0.2, 0) is 4.79 Å². The fraction of sp³-hybridized carbons (Fsp3) is 0.727. The van der Waals surface area contributed by atoms with Crippen LogP contribution < -0.4 is 0 Å². The van der Waals surface area contributed by atoms with Gasteiger partial charge in [-0.2, -0.15) is 0 Å². The van der Waals surface area contributed by atoms with Crippen molar-refractivity contribution in [1.82, 2.24) is 4.90 Å². The highest BCUT2D eigenvalue weighted by atomic mass is 16.1. The van der Waals surface area contributed by atoms with E-state index in [0.29, 0.717) is 12.1 Å². The first-order chi connectivity index (χ1) is 6.16. The van der Waals surface area contributed by atoms with Gasteiger partial charge in [-0.15, -0.1) is 0 Å². The second-order valence-electron chi connectivity index (χ2n) is 4.04. The number of aldehydes is 1. The number of likely N-dealkylation sites (tertiary alicyclic amines) is 1. The summed E-state index contributed by atoms with van der Waals surface area (Å²) in [6.07, 6.45) is 4.47. The molecule has 0 saturated carbocycles. The number of carbonyl (C=O) groups excluding carboxylic acids is 1. The van der Waals surface area contributed by atoms with Crippen LogP contribution in [-0.4, -0.2) is 29.8 Å². The monoisotopic (exact) mass is 181 g/mol. The molecule has 1 atom stereocenters. The lowest BCUT2D eigenvalue weighted by atomic mass is 9.95. The molecule has 13 heavy (non-hydrogen) atoms. The summed E-state index contributed by atoms with van der Waals surface area (Å²) in [6.45, 7) is 9.28. The predicted octanol–water partition coefficient (Wildman–Crippen LogP) is 2.00. The maximum Gasteiger partial charge on any atom is 0.147 e. The summed E-state index contributed by atoms with van der Waals surface area (Å²) in [4.78, 5) is 13.0. The first-order valence-corrected chi connectivity index (χ1v) is 5.06. The molecule has 0 aromatic rings. The molecule has 0 N–H and O–H groups in total. The van der Waals surface area contributed by atoms with Crippen LogP contribution in [0.2, 0.25) is 0 Å². The molecule has 2 heteroatoms. The average molecular weight is 181 g/mol. The van der Waals surface area contributed by atoms with E-state index in [0.717, 1.165) is 24.8 Å². The summed E-state index contributed by atoms with van der Waals surface area (Å²) in [7, 11) is 0. The highest BCUT2D eigenvalue weighted by Crippen LogP contribution is 2.23. The minimum absolute atomic E-state index is 0.297. The molecule has 2 nitrogen and oxygen atoms in total. The minimum Gasteiger partial charge on any atom is -0.298 e. The lowest BCUT2D eigenvalue weighted by Gasteiger charge is -2.38. The smallest absolute Gasteiger partial charge is 0.147 e. The molecule has 1 fully saturated rings. The van der Waals surface area contributed by atoms with Crippen molar-refractivity contribution in [3.05, 3.63) is 12.2 Å². The van der Waals surface area contributed by atoms with Crippen LogP contribution in [0.3, 0.4) is 0 Å². The van der Waals surface area contributed by atoms with Crippen LogP contribution in [0.4, 0.5) is 0 Å². The SMILES string of the molecule is C=C(C=O)C1CCCCN1C(C)C. The van der Waals surface area contributed by atoms with Gasteiger partial charge in [0, 0.05) is 17.7 Å². The molecule has 0 radical (unpaired) electrons. The summed E-state index contributed by atoms with van der Waals surface area (Å²) in [5, 5.41) is 0. The van der Waals surface area contributed by atoms with E-state index in [4.69, 9.17) is 0 Å². The zero-order valence-corrected chi connectivity index (χ0v) is 8.62. The first-order valence-electron chi connectivity index (χ1n) is 5.06. The normalized spacial score (nSPS) is 24.7. The van der Waals surface area contributed by atoms with Gasteiger partial charge in [0.05, 0.1) is 0 Å². The number of carbonyl (C=O) groups is 1. The van der Waals surface area contributed by atoms with Crippen LogP contribution in [0.25, 0.3) is 0 Å². The molecular formula is C11H19NO. The van der Waals surface area contributed by atoms with Crippen molar-refractivity contribution in [3.63, 3.8) is 0 Å². The quantitative estimate of drug-likeness (QED) is 0.490. The molecule has 0 spiro atoms. The van der Waals surface area contributed by atoms with Gasteiger partial charge in [0.1, 0.15) is 6.29 Å². The zero-order valence-electron chi connectivity index (χ0n) is 8.62. The molecule has 1 aliphatic heterocycles. The highest BCUT2D eigenvalue weighted by Gasteiger charge is 2.25. The summed E-state index contributed by atoms with van der Waals surface area (Å²) in [5.41, 5.74) is 0.744. The molecule has 0 aromatic carbocycles. The molecule has 1 heterocycles. The Labute approximate surface area is 80.6 Å². The number of piperidine rings is 1. The maximum absolute atomic E-state index is 10.6. The number of rotatable bonds is 3. The van der Waals surface area contributed by atoms with Gasteiger partial charge in [0.15, 0.2) is 0 Å². The summed E-state index contributed by atoms with van der Waals surface area (Å²) < 4.78 is 0. The van der Waals surface area contributed by atoms with Crippen LogP contribution >= 0.6 is 0 Å². The van der Waals surface area contributed by atoms with E-state index in [1.165, 1.54) is 12.8 Å². The lowest BCUT2D eigenvalue weighted by molar-refractivity contribution is -0.105. The number of hydrogen-bond acceptors (Lipinski definition) is 2. The third-order valence-electron chi connectivity index (χ3n) is 2.79. The molecule has 0 amide bonds. The van der Waals surface area contributed by atoms with E-state index in [1.807, 2.05) is 0 Å². The van der Waals surface area contributed by atoms with Gasteiger partial charge in [-0.3, -0.25) is 9.69 Å². The van der Waals surface area contributed by atoms with E-state index in [-0.39, 0.29) is 0 Å². The largest absolute Gasteiger partial charge is 0.298 e. The molecule has 0 aromatic heterocycles. The molecule has 1 unspecified atom stereocenters. The van der Waals surface area contributed by atoms with Crippen LogP contribution in [0, 0.1) is 0 Å². The minimum atomic E-state index is 0.297. The van der Waals surface area contributed by atoms with Gasteiger partial charge < -0.3 is 0 Å². The first kappa shape index (κ1) is 10.5. The fourth-order valence-electron chi connectivity index (χ4n) is 2.05. The van der Waals surface area contributed by atoms with Crippen molar-refractivity contribution in [2.45, 2.75) is 45.2 Å². The van der Waals surface area contributed by atoms with Crippen molar-refractivity contribution in [1.29, 1.82) is 0 Å². The molecule has 1 aliphatic rings. The standard InChI is InChI=1S/C11H19NO/c1-9(2)12-7-5-4-6-11(12)10(3)8-13/h8-9,11H,3-7H2,1-2H3. The fourth-order valence-corrected chi connectivity index (χ4v) is 2.05. The average Bonchev–Trinajstić information content (AvgIpc) is 2.16. The predicted molar refractivity (Wildman–Crippen MR) is 54.7 cm³/mol. The number of hydrogen-bond donors (Lipinski definition) is 0. The van der Waals surface area contributed by atoms with Crippen molar-refractivity contribution < 1.29 is 4.79 Å². The summed E-state index contributed by atoms with van der Waals surface area (Å²) >= 11 is 0. The molecule has 0 bridgehead atoms. The lowest BCUT2D eigenvalue weighted by Crippen LogP contribution is -2.44. The van der Waals surface area contributed by atoms with Gasteiger partial charge in [0.25, 0.3) is 0 Å². The van der Waals surface area contributed by atoms with E-state index in [2.05, 4.69) is 25.3 Å². The third kappa shape index (κ3) is 2.41. The highest BCUT2D eigenvalue weighted by molar-refractivity contribution is 5.74. The molecule has 1 rings (SSSR count). The van der Waals surface area contributed by atoms with Crippen LogP contribution in [0.5, 0.6) is 0 Å². The second-order valence-corrected chi connectivity index (χ2v) is 4.04. The third-order valence-corrected chi connectivity index (χ3v) is 2.79. The summed E-state index contributed by atoms with van der Waals surface area (Å²) in [5.74, 6) is 0. The van der Waals surface area contributed by atoms with Gasteiger partial charge in [-0.1, -0.05) is 13.0 Å². The van der Waals surface area contributed by atoms with Crippen LogP contribution in [0.15, 0.2) is 12.2 Å². The van der Waals surface area contributed by atoms with Crippen molar-refractivity contribution >= 4 is 6.29 Å². The topological polar surface area (TPSA) is 20.3 Å². The Morgan fingerprint density at radius 1 is 1.54 bits per heavy atom. The molecule has 0 aliphatic carbocycles. The molecule has 74 valence electrons. The van der Waals surface area contributed by atoms with Crippen molar-refractivity contribution in [2.24, 2.45) is 0 Å². The van der Waals surface area contributed by atoms with E-state index in [9.17, 15) is 4.79 Å². The van der Waals surface area contributed by atoms with Crippen LogP contribution in [0.1, 0.15) is 33.1 Å². The van der Waals surface area contributed by atoms with E-state index in [1.54, 1.807) is 0 Å². The van der Waals surface area contributed by atoms with Gasteiger partial charge in [0.2, 0.25) is 0 Å². The van der Waals surface area contributed by atoms with Gasteiger partial charge >= 0.3 is 0 Å². The molecular weight excluding hydrogens is 162 g/mol. The Morgan fingerprint density at radius 2 is 2.23 bits per heavy atom. The zero-order chi connectivity index (χ0) is 9.84. The Bertz CT molecular complexity index is 198. The Kier molecular flexibility index (Phi) is 3.67. The maximum atomic E-state index is 10.6. The Balaban J connectivity index is 2.66. The van der Waals surface area contributed by atoms with E-state index < -0.39 is 0 Å². The van der Waals surface area contributed by atoms with E-state index >= 15 is 0 Å². The molecule has 1 saturated heterocycles. The van der Waals surface area contributed by atoms with Crippen molar-refractivity contribution in [2.75, 3.05) is 6.54 Å².